The van der Waals surface area contributed by atoms with E-state index < -0.39 is 6.04 Å². The second-order valence-corrected chi connectivity index (χ2v) is 3.98. The zero-order valence-corrected chi connectivity index (χ0v) is 11.2. The van der Waals surface area contributed by atoms with E-state index in [9.17, 15) is 4.79 Å². The Kier molecular flexibility index (Phi) is 5.52. The maximum absolute atomic E-state index is 11.2. The van der Waals surface area contributed by atoms with E-state index in [0.29, 0.717) is 0 Å². The van der Waals surface area contributed by atoms with Crippen molar-refractivity contribution in [1.82, 2.24) is 0 Å². The highest BCUT2D eigenvalue weighted by Crippen LogP contribution is 2.19. The van der Waals surface area contributed by atoms with Crippen molar-refractivity contribution in [3.05, 3.63) is 35.4 Å². The van der Waals surface area contributed by atoms with Crippen LogP contribution in [-0.4, -0.2) is 32.4 Å². The third kappa shape index (κ3) is 3.67. The molecule has 2 atom stereocenters. The molecular weight excluding hydrogens is 230 g/mol. The van der Waals surface area contributed by atoms with E-state index >= 15 is 0 Å². The van der Waals surface area contributed by atoms with Crippen LogP contribution in [0, 0.1) is 0 Å². The van der Waals surface area contributed by atoms with Crippen molar-refractivity contribution in [3.63, 3.8) is 0 Å². The minimum atomic E-state index is -0.499. The highest BCUT2D eigenvalue weighted by Gasteiger charge is 2.11. The molecule has 0 saturated carbocycles. The third-order valence-electron chi connectivity index (χ3n) is 2.77. The molecule has 0 saturated heterocycles. The molecule has 4 heteroatoms. The molecule has 0 aliphatic carbocycles. The molecule has 0 aliphatic rings. The van der Waals surface area contributed by atoms with Crippen LogP contribution in [0.4, 0.5) is 0 Å². The van der Waals surface area contributed by atoms with Gasteiger partial charge in [-0.1, -0.05) is 24.3 Å². The van der Waals surface area contributed by atoms with Crippen LogP contribution in [0.3, 0.4) is 0 Å². The van der Waals surface area contributed by atoms with Crippen LogP contribution in [0.5, 0.6) is 0 Å². The van der Waals surface area contributed by atoms with Crippen LogP contribution >= 0.6 is 0 Å². The van der Waals surface area contributed by atoms with Crippen LogP contribution in [0.25, 0.3) is 0 Å². The van der Waals surface area contributed by atoms with Crippen molar-refractivity contribution >= 4 is 12.2 Å². The van der Waals surface area contributed by atoms with Crippen molar-refractivity contribution < 1.29 is 14.3 Å². The Morgan fingerprint density at radius 2 is 1.94 bits per heavy atom. The van der Waals surface area contributed by atoms with Gasteiger partial charge >= 0.3 is 5.97 Å². The number of nitrogens with zero attached hydrogens (tertiary/aromatic N) is 1. The molecule has 0 bridgehead atoms. The fourth-order valence-corrected chi connectivity index (χ4v) is 1.55. The van der Waals surface area contributed by atoms with E-state index in [1.54, 1.807) is 20.2 Å². The van der Waals surface area contributed by atoms with Gasteiger partial charge in [0.05, 0.1) is 13.2 Å². The van der Waals surface area contributed by atoms with Crippen molar-refractivity contribution in [3.8, 4) is 0 Å². The summed E-state index contributed by atoms with van der Waals surface area (Å²) in [6.45, 7) is 3.67. The minimum Gasteiger partial charge on any atom is -0.467 e. The van der Waals surface area contributed by atoms with Crippen LogP contribution in [0.1, 0.15) is 31.1 Å². The van der Waals surface area contributed by atoms with Gasteiger partial charge in [0.1, 0.15) is 6.04 Å². The van der Waals surface area contributed by atoms with Gasteiger partial charge in [0.25, 0.3) is 0 Å². The predicted molar refractivity (Wildman–Crippen MR) is 70.9 cm³/mol. The Morgan fingerprint density at radius 3 is 2.56 bits per heavy atom. The van der Waals surface area contributed by atoms with E-state index in [1.165, 1.54) is 7.11 Å². The summed E-state index contributed by atoms with van der Waals surface area (Å²) in [5.74, 6) is -0.344. The fourth-order valence-electron chi connectivity index (χ4n) is 1.55. The van der Waals surface area contributed by atoms with Crippen LogP contribution < -0.4 is 0 Å². The van der Waals surface area contributed by atoms with Gasteiger partial charge in [0.2, 0.25) is 0 Å². The number of esters is 1. The molecule has 1 rings (SSSR count). The lowest BCUT2D eigenvalue weighted by molar-refractivity contribution is -0.141. The Morgan fingerprint density at radius 1 is 1.28 bits per heavy atom. The maximum Gasteiger partial charge on any atom is 0.330 e. The van der Waals surface area contributed by atoms with Gasteiger partial charge in [-0.05, 0) is 25.0 Å². The standard InChI is InChI=1S/C14H19NO3/c1-10(14(16)18-4)15-9-12-7-5-6-8-13(12)11(2)17-3/h5-11H,1-4H3/t10-,11?/m1/s1. The number of hydrogen-bond acceptors (Lipinski definition) is 4. The van der Waals surface area contributed by atoms with Crippen molar-refractivity contribution in [2.75, 3.05) is 14.2 Å². The lowest BCUT2D eigenvalue weighted by atomic mass is 10.0. The van der Waals surface area contributed by atoms with Crippen LogP contribution in [-0.2, 0) is 14.3 Å². The number of methoxy groups -OCH3 is 2. The van der Waals surface area contributed by atoms with Crippen LogP contribution in [0.15, 0.2) is 29.3 Å². The first-order valence-electron chi connectivity index (χ1n) is 5.82. The number of rotatable bonds is 5. The van der Waals surface area contributed by atoms with Crippen molar-refractivity contribution in [2.24, 2.45) is 4.99 Å². The van der Waals surface area contributed by atoms with Gasteiger partial charge in [0, 0.05) is 13.3 Å². The molecule has 0 aromatic heterocycles. The number of carbonyl (C=O) groups is 1. The van der Waals surface area contributed by atoms with Gasteiger partial charge in [-0.3, -0.25) is 4.99 Å². The minimum absolute atomic E-state index is 0.0129. The highest BCUT2D eigenvalue weighted by molar-refractivity contribution is 5.85. The van der Waals surface area contributed by atoms with Gasteiger partial charge in [0.15, 0.2) is 0 Å². The van der Waals surface area contributed by atoms with E-state index in [4.69, 9.17) is 4.74 Å². The Hall–Kier alpha value is -1.68. The summed E-state index contributed by atoms with van der Waals surface area (Å²) < 4.78 is 9.92. The van der Waals surface area contributed by atoms with Crippen molar-refractivity contribution in [1.29, 1.82) is 0 Å². The monoisotopic (exact) mass is 249 g/mol. The molecule has 0 radical (unpaired) electrons. The first kappa shape index (κ1) is 14.4. The lowest BCUT2D eigenvalue weighted by Gasteiger charge is -2.12. The normalized spacial score (nSPS) is 14.4. The second-order valence-electron chi connectivity index (χ2n) is 3.98. The average Bonchev–Trinajstić information content (AvgIpc) is 2.43. The molecule has 0 amide bonds. The van der Waals surface area contributed by atoms with Crippen molar-refractivity contribution in [2.45, 2.75) is 26.0 Å². The number of carbonyl (C=O) groups excluding carboxylic acids is 1. The number of hydrogen-bond donors (Lipinski definition) is 0. The molecule has 18 heavy (non-hydrogen) atoms. The Bertz CT molecular complexity index is 429. The predicted octanol–water partition coefficient (Wildman–Crippen LogP) is 2.37. The first-order chi connectivity index (χ1) is 8.60. The van der Waals surface area contributed by atoms with E-state index in [1.807, 2.05) is 31.2 Å². The highest BCUT2D eigenvalue weighted by atomic mass is 16.5. The molecule has 0 N–H and O–H groups in total. The maximum atomic E-state index is 11.2. The topological polar surface area (TPSA) is 47.9 Å². The van der Waals surface area contributed by atoms with E-state index in [0.717, 1.165) is 11.1 Å². The summed E-state index contributed by atoms with van der Waals surface area (Å²) in [7, 11) is 3.02. The Balaban J connectivity index is 2.90. The van der Waals surface area contributed by atoms with Crippen LogP contribution in [0.2, 0.25) is 0 Å². The molecule has 1 aromatic rings. The third-order valence-corrected chi connectivity index (χ3v) is 2.77. The molecule has 0 fully saturated rings. The summed E-state index contributed by atoms with van der Waals surface area (Å²) in [6, 6.07) is 7.31. The average molecular weight is 249 g/mol. The molecule has 0 aliphatic heterocycles. The summed E-state index contributed by atoms with van der Waals surface area (Å²) in [5, 5.41) is 0. The summed E-state index contributed by atoms with van der Waals surface area (Å²) >= 11 is 0. The second kappa shape index (κ2) is 6.91. The fraction of sp³-hybridized carbons (Fsp3) is 0.429. The lowest BCUT2D eigenvalue weighted by Crippen LogP contribution is -2.16. The molecule has 1 unspecified atom stereocenters. The molecule has 98 valence electrons. The molecular formula is C14H19NO3. The van der Waals surface area contributed by atoms with Gasteiger partial charge < -0.3 is 9.47 Å². The summed E-state index contributed by atoms with van der Waals surface area (Å²) in [4.78, 5) is 15.4. The van der Waals surface area contributed by atoms with E-state index in [2.05, 4.69) is 9.73 Å². The smallest absolute Gasteiger partial charge is 0.330 e. The number of benzene rings is 1. The van der Waals surface area contributed by atoms with Gasteiger partial charge in [-0.25, -0.2) is 4.79 Å². The summed E-state index contributed by atoms with van der Waals surface area (Å²) in [5.41, 5.74) is 1.99. The zero-order valence-electron chi connectivity index (χ0n) is 11.2. The first-order valence-corrected chi connectivity index (χ1v) is 5.82. The molecule has 1 aromatic carbocycles. The SMILES string of the molecule is COC(=O)[C@@H](C)N=Cc1ccccc1C(C)OC. The molecule has 4 nitrogen and oxygen atoms in total. The summed E-state index contributed by atoms with van der Waals surface area (Å²) in [6.07, 6.45) is 1.67. The van der Waals surface area contributed by atoms with E-state index in [-0.39, 0.29) is 12.1 Å². The molecule has 0 heterocycles. The van der Waals surface area contributed by atoms with Gasteiger partial charge in [-0.15, -0.1) is 0 Å². The largest absolute Gasteiger partial charge is 0.467 e. The quantitative estimate of drug-likeness (QED) is 0.594. The number of aliphatic imine (C=N–C) groups is 1. The van der Waals surface area contributed by atoms with Gasteiger partial charge in [-0.2, -0.15) is 0 Å². The number of ether oxygens (including phenoxy) is 2. The Labute approximate surface area is 108 Å². The molecule has 0 spiro atoms. The zero-order chi connectivity index (χ0) is 13.5.